The van der Waals surface area contributed by atoms with Crippen molar-refractivity contribution in [3.63, 3.8) is 0 Å². The number of ether oxygens (including phenoxy) is 1. The Kier molecular flexibility index (Phi) is 7.20. The third-order valence-corrected chi connectivity index (χ3v) is 6.75. The first-order valence-corrected chi connectivity index (χ1v) is 11.2. The summed E-state index contributed by atoms with van der Waals surface area (Å²) < 4.78 is 44.9. The molecular weight excluding hydrogens is 401 g/mol. The molecule has 29 heavy (non-hydrogen) atoms. The highest BCUT2D eigenvalue weighted by atomic mass is 32.2. The molecule has 2 fully saturated rings. The van der Waals surface area contributed by atoms with Crippen molar-refractivity contribution in [1.29, 1.82) is 0 Å². The van der Waals surface area contributed by atoms with Crippen LogP contribution in [0.5, 0.6) is 0 Å². The van der Waals surface area contributed by atoms with E-state index in [1.54, 1.807) is 4.90 Å². The second kappa shape index (κ2) is 9.64. The van der Waals surface area contributed by atoms with Crippen molar-refractivity contribution in [2.75, 3.05) is 45.9 Å². The molecule has 10 heteroatoms. The second-order valence-corrected chi connectivity index (χ2v) is 8.96. The lowest BCUT2D eigenvalue weighted by Crippen LogP contribution is -2.47. The van der Waals surface area contributed by atoms with E-state index in [1.807, 2.05) is 4.90 Å². The Morgan fingerprint density at radius 3 is 2.28 bits per heavy atom. The van der Waals surface area contributed by atoms with E-state index in [9.17, 15) is 22.4 Å². The molecular formula is C19H26FN3O5S. The molecule has 1 N–H and O–H groups in total. The third-order valence-electron chi connectivity index (χ3n) is 5.27. The van der Waals surface area contributed by atoms with Crippen molar-refractivity contribution < 1.29 is 27.1 Å². The van der Waals surface area contributed by atoms with Gasteiger partial charge in [0, 0.05) is 45.1 Å². The monoisotopic (exact) mass is 427 g/mol. The number of nitrogens with zero attached hydrogens (tertiary/aromatic N) is 2. The highest BCUT2D eigenvalue weighted by Gasteiger charge is 2.30. The fourth-order valence-corrected chi connectivity index (χ4v) is 4.60. The predicted octanol–water partition coefficient (Wildman–Crippen LogP) is 0.592. The Hall–Kier alpha value is -2.04. The minimum atomic E-state index is -3.78. The summed E-state index contributed by atoms with van der Waals surface area (Å²) in [5, 5.41) is 0. The zero-order chi connectivity index (χ0) is 20.9. The number of likely N-dealkylation sites (tertiary alicyclic amines) is 1. The molecule has 2 saturated heterocycles. The molecule has 8 nitrogen and oxygen atoms in total. The van der Waals surface area contributed by atoms with Gasteiger partial charge in [-0.15, -0.1) is 0 Å². The lowest BCUT2D eigenvalue weighted by atomic mass is 9.95. The first-order valence-electron chi connectivity index (χ1n) is 9.76. The second-order valence-electron chi connectivity index (χ2n) is 7.19. The fourth-order valence-electron chi connectivity index (χ4n) is 3.57. The van der Waals surface area contributed by atoms with Gasteiger partial charge in [0.2, 0.25) is 21.8 Å². The van der Waals surface area contributed by atoms with Crippen molar-refractivity contribution in [2.24, 2.45) is 5.92 Å². The van der Waals surface area contributed by atoms with Crippen LogP contribution in [0.25, 0.3) is 0 Å². The van der Waals surface area contributed by atoms with Crippen LogP contribution in [0.15, 0.2) is 29.2 Å². The molecule has 2 aliphatic heterocycles. The molecule has 1 aromatic carbocycles. The molecule has 0 aromatic heterocycles. The van der Waals surface area contributed by atoms with E-state index in [4.69, 9.17) is 4.74 Å². The Morgan fingerprint density at radius 1 is 1.03 bits per heavy atom. The number of hydrogen-bond donors (Lipinski definition) is 1. The van der Waals surface area contributed by atoms with Crippen LogP contribution in [-0.2, 0) is 24.3 Å². The van der Waals surface area contributed by atoms with E-state index in [0.29, 0.717) is 52.2 Å². The maximum absolute atomic E-state index is 12.9. The molecule has 2 heterocycles. The first kappa shape index (κ1) is 21.7. The Balaban J connectivity index is 1.41. The topological polar surface area (TPSA) is 96.0 Å². The predicted molar refractivity (Wildman–Crippen MR) is 103 cm³/mol. The molecule has 0 atom stereocenters. The molecule has 3 rings (SSSR count). The number of carbonyl (C=O) groups excluding carboxylic acids is 2. The summed E-state index contributed by atoms with van der Waals surface area (Å²) in [6, 6.07) is 4.50. The molecule has 2 amide bonds. The summed E-state index contributed by atoms with van der Waals surface area (Å²) in [6.45, 7) is 3.31. The molecule has 0 radical (unpaired) electrons. The number of nitrogens with one attached hydrogen (secondary N) is 1. The average Bonchev–Trinajstić information content (AvgIpc) is 2.74. The van der Waals surface area contributed by atoms with Gasteiger partial charge in [-0.2, -0.15) is 0 Å². The van der Waals surface area contributed by atoms with Gasteiger partial charge >= 0.3 is 0 Å². The van der Waals surface area contributed by atoms with Crippen LogP contribution in [0, 0.1) is 11.7 Å². The lowest BCUT2D eigenvalue weighted by molar-refractivity contribution is -0.143. The minimum absolute atomic E-state index is 0.0303. The van der Waals surface area contributed by atoms with Gasteiger partial charge in [-0.25, -0.2) is 17.5 Å². The van der Waals surface area contributed by atoms with Gasteiger partial charge in [0.1, 0.15) is 5.82 Å². The summed E-state index contributed by atoms with van der Waals surface area (Å²) in [6.07, 6.45) is 1.26. The number of hydrogen-bond acceptors (Lipinski definition) is 5. The van der Waals surface area contributed by atoms with E-state index < -0.39 is 15.8 Å². The van der Waals surface area contributed by atoms with Crippen LogP contribution in [-0.4, -0.2) is 76.0 Å². The van der Waals surface area contributed by atoms with Gasteiger partial charge < -0.3 is 14.5 Å². The van der Waals surface area contributed by atoms with Crippen molar-refractivity contribution in [2.45, 2.75) is 24.2 Å². The minimum Gasteiger partial charge on any atom is -0.378 e. The van der Waals surface area contributed by atoms with Crippen LogP contribution >= 0.6 is 0 Å². The summed E-state index contributed by atoms with van der Waals surface area (Å²) in [5.74, 6) is -0.611. The Morgan fingerprint density at radius 2 is 1.66 bits per heavy atom. The smallest absolute Gasteiger partial charge is 0.240 e. The Labute approximate surface area is 170 Å². The molecule has 2 aliphatic rings. The van der Waals surface area contributed by atoms with Crippen LogP contribution in [0.1, 0.15) is 19.3 Å². The van der Waals surface area contributed by atoms with Crippen LogP contribution in [0.3, 0.4) is 0 Å². The molecule has 0 unspecified atom stereocenters. The number of sulfonamides is 1. The van der Waals surface area contributed by atoms with Gasteiger partial charge in [-0.3, -0.25) is 9.59 Å². The summed E-state index contributed by atoms with van der Waals surface area (Å²) in [7, 11) is -3.78. The number of benzene rings is 1. The van der Waals surface area contributed by atoms with Crippen molar-refractivity contribution in [3.8, 4) is 0 Å². The van der Waals surface area contributed by atoms with E-state index in [2.05, 4.69) is 4.72 Å². The Bertz CT molecular complexity index is 817. The standard InChI is InChI=1S/C19H26FN3O5S/c20-16-1-3-17(4-2-16)29(26,27)21-8-5-18(24)22-9-6-15(7-10-22)19(25)23-11-13-28-14-12-23/h1-4,15,21H,5-14H2. The summed E-state index contributed by atoms with van der Waals surface area (Å²) in [4.78, 5) is 28.4. The fraction of sp³-hybridized carbons (Fsp3) is 0.579. The van der Waals surface area contributed by atoms with Crippen LogP contribution in [0.4, 0.5) is 4.39 Å². The molecule has 1 aromatic rings. The number of amides is 2. The maximum atomic E-state index is 12.9. The SMILES string of the molecule is O=C(CCNS(=O)(=O)c1ccc(F)cc1)N1CCC(C(=O)N2CCOCC2)CC1. The third kappa shape index (κ3) is 5.74. The number of carbonyl (C=O) groups is 2. The summed E-state index contributed by atoms with van der Waals surface area (Å²) >= 11 is 0. The number of morpholine rings is 1. The van der Waals surface area contributed by atoms with E-state index in [1.165, 1.54) is 12.1 Å². The summed E-state index contributed by atoms with van der Waals surface area (Å²) in [5.41, 5.74) is 0. The number of rotatable bonds is 6. The average molecular weight is 427 g/mol. The zero-order valence-corrected chi connectivity index (χ0v) is 17.0. The van der Waals surface area contributed by atoms with Gasteiger partial charge in [-0.05, 0) is 37.1 Å². The number of halogens is 1. The molecule has 0 saturated carbocycles. The largest absolute Gasteiger partial charge is 0.378 e. The highest BCUT2D eigenvalue weighted by molar-refractivity contribution is 7.89. The molecule has 0 spiro atoms. The van der Waals surface area contributed by atoms with E-state index in [0.717, 1.165) is 12.1 Å². The van der Waals surface area contributed by atoms with E-state index >= 15 is 0 Å². The van der Waals surface area contributed by atoms with Crippen LogP contribution in [0.2, 0.25) is 0 Å². The van der Waals surface area contributed by atoms with Gasteiger partial charge in [0.05, 0.1) is 18.1 Å². The maximum Gasteiger partial charge on any atom is 0.240 e. The molecule has 0 aliphatic carbocycles. The van der Waals surface area contributed by atoms with Gasteiger partial charge in [0.25, 0.3) is 0 Å². The van der Waals surface area contributed by atoms with Crippen molar-refractivity contribution in [3.05, 3.63) is 30.1 Å². The first-order chi connectivity index (χ1) is 13.9. The van der Waals surface area contributed by atoms with E-state index in [-0.39, 0.29) is 35.6 Å². The zero-order valence-electron chi connectivity index (χ0n) is 16.2. The van der Waals surface area contributed by atoms with Gasteiger partial charge in [0.15, 0.2) is 0 Å². The van der Waals surface area contributed by atoms with Crippen molar-refractivity contribution in [1.82, 2.24) is 14.5 Å². The quantitative estimate of drug-likeness (QED) is 0.717. The van der Waals surface area contributed by atoms with Gasteiger partial charge in [-0.1, -0.05) is 0 Å². The number of piperidine rings is 1. The molecule has 160 valence electrons. The highest BCUT2D eigenvalue weighted by Crippen LogP contribution is 2.21. The van der Waals surface area contributed by atoms with Crippen LogP contribution < -0.4 is 4.72 Å². The normalized spacial score (nSPS) is 18.7. The lowest BCUT2D eigenvalue weighted by Gasteiger charge is -2.35. The molecule has 0 bridgehead atoms. The van der Waals surface area contributed by atoms with Crippen molar-refractivity contribution >= 4 is 21.8 Å².